The summed E-state index contributed by atoms with van der Waals surface area (Å²) in [7, 11) is 0. The Morgan fingerprint density at radius 2 is 2.00 bits per heavy atom. The summed E-state index contributed by atoms with van der Waals surface area (Å²) < 4.78 is 0. The van der Waals surface area contributed by atoms with E-state index in [1.807, 2.05) is 0 Å². The fourth-order valence-corrected chi connectivity index (χ4v) is 2.38. The number of rotatable bonds is 6. The third kappa shape index (κ3) is 4.40. The van der Waals surface area contributed by atoms with Crippen LogP contribution in [0.2, 0.25) is 0 Å². The van der Waals surface area contributed by atoms with E-state index in [4.69, 9.17) is 0 Å². The molecule has 0 bridgehead atoms. The summed E-state index contributed by atoms with van der Waals surface area (Å²) in [5.74, 6) is 0.712. The van der Waals surface area contributed by atoms with Crippen molar-refractivity contribution < 1.29 is 5.11 Å². The van der Waals surface area contributed by atoms with Gasteiger partial charge in [0.2, 0.25) is 0 Å². The topological polar surface area (TPSA) is 35.5 Å². The molecule has 1 fully saturated rings. The van der Waals surface area contributed by atoms with Gasteiger partial charge in [0.05, 0.1) is 6.10 Å². The summed E-state index contributed by atoms with van der Waals surface area (Å²) in [4.78, 5) is 2.51. The van der Waals surface area contributed by atoms with Crippen LogP contribution < -0.4 is 5.32 Å². The zero-order chi connectivity index (χ0) is 12.1. The van der Waals surface area contributed by atoms with Crippen molar-refractivity contribution in [3.8, 4) is 0 Å². The highest BCUT2D eigenvalue weighted by Gasteiger charge is 2.25. The van der Waals surface area contributed by atoms with Gasteiger partial charge >= 0.3 is 0 Å². The average molecular weight is 228 g/mol. The summed E-state index contributed by atoms with van der Waals surface area (Å²) in [6.07, 6.45) is 1.84. The Bertz CT molecular complexity index is 194. The highest BCUT2D eigenvalue weighted by molar-refractivity contribution is 4.84. The summed E-state index contributed by atoms with van der Waals surface area (Å²) in [6, 6.07) is 0.911. The first-order chi connectivity index (χ1) is 7.50. The van der Waals surface area contributed by atoms with Gasteiger partial charge in [0.25, 0.3) is 0 Å². The summed E-state index contributed by atoms with van der Waals surface area (Å²) in [5.41, 5.74) is 0. The van der Waals surface area contributed by atoms with E-state index in [1.54, 1.807) is 0 Å². The molecule has 3 nitrogen and oxygen atoms in total. The highest BCUT2D eigenvalue weighted by atomic mass is 16.3. The molecule has 96 valence electrons. The van der Waals surface area contributed by atoms with E-state index >= 15 is 0 Å². The lowest BCUT2D eigenvalue weighted by molar-refractivity contribution is 0.134. The maximum atomic E-state index is 9.74. The van der Waals surface area contributed by atoms with Gasteiger partial charge in [0, 0.05) is 18.6 Å². The molecule has 1 saturated heterocycles. The first-order valence-corrected chi connectivity index (χ1v) is 6.66. The molecule has 0 spiro atoms. The van der Waals surface area contributed by atoms with Crippen LogP contribution in [0.4, 0.5) is 0 Å². The molecule has 0 aliphatic carbocycles. The Hall–Kier alpha value is -0.120. The van der Waals surface area contributed by atoms with Crippen LogP contribution >= 0.6 is 0 Å². The second-order valence-electron chi connectivity index (χ2n) is 5.69. The Kier molecular flexibility index (Phi) is 5.73. The lowest BCUT2D eigenvalue weighted by Crippen LogP contribution is -2.39. The molecule has 1 aliphatic rings. The van der Waals surface area contributed by atoms with Crippen LogP contribution in [0.5, 0.6) is 0 Å². The SMILES string of the molecule is CC(C)CN(CCC1NCCC1O)C(C)C. The van der Waals surface area contributed by atoms with Gasteiger partial charge < -0.3 is 15.3 Å². The fourth-order valence-electron chi connectivity index (χ4n) is 2.38. The van der Waals surface area contributed by atoms with Crippen LogP contribution in [0.1, 0.15) is 40.5 Å². The van der Waals surface area contributed by atoms with Crippen LogP contribution in [0, 0.1) is 5.92 Å². The average Bonchev–Trinajstić information content (AvgIpc) is 2.57. The monoisotopic (exact) mass is 228 g/mol. The van der Waals surface area contributed by atoms with Gasteiger partial charge in [-0.25, -0.2) is 0 Å². The molecular weight excluding hydrogens is 200 g/mol. The third-order valence-electron chi connectivity index (χ3n) is 3.37. The number of hydrogen-bond donors (Lipinski definition) is 2. The van der Waals surface area contributed by atoms with Crippen LogP contribution in [0.15, 0.2) is 0 Å². The Morgan fingerprint density at radius 3 is 2.44 bits per heavy atom. The van der Waals surface area contributed by atoms with E-state index in [1.165, 1.54) is 0 Å². The molecule has 0 saturated carbocycles. The number of hydrogen-bond acceptors (Lipinski definition) is 3. The molecule has 1 aliphatic heterocycles. The van der Waals surface area contributed by atoms with E-state index in [9.17, 15) is 5.11 Å². The molecule has 16 heavy (non-hydrogen) atoms. The molecule has 1 rings (SSSR count). The second-order valence-corrected chi connectivity index (χ2v) is 5.69. The van der Waals surface area contributed by atoms with Gasteiger partial charge in [-0.15, -0.1) is 0 Å². The van der Waals surface area contributed by atoms with Gasteiger partial charge in [-0.1, -0.05) is 13.8 Å². The molecule has 0 amide bonds. The van der Waals surface area contributed by atoms with E-state index in [0.29, 0.717) is 18.0 Å². The predicted octanol–water partition coefficient (Wildman–Crippen LogP) is 1.47. The van der Waals surface area contributed by atoms with Crippen molar-refractivity contribution in [3.63, 3.8) is 0 Å². The van der Waals surface area contributed by atoms with Gasteiger partial charge in [-0.3, -0.25) is 0 Å². The van der Waals surface area contributed by atoms with Crippen molar-refractivity contribution in [2.75, 3.05) is 19.6 Å². The van der Waals surface area contributed by atoms with E-state index in [0.717, 1.165) is 32.5 Å². The van der Waals surface area contributed by atoms with E-state index in [-0.39, 0.29) is 6.10 Å². The van der Waals surface area contributed by atoms with Crippen molar-refractivity contribution in [2.45, 2.75) is 58.7 Å². The smallest absolute Gasteiger partial charge is 0.0705 e. The number of aliphatic hydroxyl groups is 1. The van der Waals surface area contributed by atoms with Crippen LogP contribution in [0.3, 0.4) is 0 Å². The zero-order valence-electron chi connectivity index (χ0n) is 11.2. The molecule has 0 aromatic rings. The molecule has 2 atom stereocenters. The summed E-state index contributed by atoms with van der Waals surface area (Å²) in [5, 5.41) is 13.1. The van der Waals surface area contributed by atoms with Gasteiger partial charge in [0.1, 0.15) is 0 Å². The van der Waals surface area contributed by atoms with E-state index < -0.39 is 0 Å². The van der Waals surface area contributed by atoms with Gasteiger partial charge in [-0.05, 0) is 45.7 Å². The molecule has 0 radical (unpaired) electrons. The first-order valence-electron chi connectivity index (χ1n) is 6.66. The Labute approximate surface area is 100 Å². The Balaban J connectivity index is 2.31. The lowest BCUT2D eigenvalue weighted by Gasteiger charge is -2.29. The third-order valence-corrected chi connectivity index (χ3v) is 3.37. The molecular formula is C13H28N2O. The number of aliphatic hydroxyl groups excluding tert-OH is 1. The molecule has 2 unspecified atom stereocenters. The van der Waals surface area contributed by atoms with Gasteiger partial charge in [0.15, 0.2) is 0 Å². The summed E-state index contributed by atoms with van der Waals surface area (Å²) in [6.45, 7) is 12.2. The van der Waals surface area contributed by atoms with Crippen molar-refractivity contribution >= 4 is 0 Å². The maximum Gasteiger partial charge on any atom is 0.0705 e. The maximum absolute atomic E-state index is 9.74. The number of nitrogens with zero attached hydrogens (tertiary/aromatic N) is 1. The molecule has 0 aromatic heterocycles. The van der Waals surface area contributed by atoms with Crippen molar-refractivity contribution in [3.05, 3.63) is 0 Å². The minimum atomic E-state index is -0.131. The van der Waals surface area contributed by atoms with E-state index in [2.05, 4.69) is 37.9 Å². The van der Waals surface area contributed by atoms with Gasteiger partial charge in [-0.2, -0.15) is 0 Å². The first kappa shape index (κ1) is 13.9. The van der Waals surface area contributed by atoms with Crippen LogP contribution in [-0.2, 0) is 0 Å². The molecule has 3 heteroatoms. The fraction of sp³-hybridized carbons (Fsp3) is 1.00. The highest BCUT2D eigenvalue weighted by Crippen LogP contribution is 2.12. The quantitative estimate of drug-likeness (QED) is 0.722. The molecule has 1 heterocycles. The largest absolute Gasteiger partial charge is 0.391 e. The minimum absolute atomic E-state index is 0.131. The van der Waals surface area contributed by atoms with Crippen molar-refractivity contribution in [1.82, 2.24) is 10.2 Å². The predicted molar refractivity (Wildman–Crippen MR) is 68.6 cm³/mol. The zero-order valence-corrected chi connectivity index (χ0v) is 11.2. The molecule has 0 aromatic carbocycles. The normalized spacial score (nSPS) is 26.2. The summed E-state index contributed by atoms with van der Waals surface area (Å²) >= 11 is 0. The molecule has 2 N–H and O–H groups in total. The second kappa shape index (κ2) is 6.58. The standard InChI is InChI=1S/C13H28N2O/c1-10(2)9-15(11(3)4)8-6-12-13(16)5-7-14-12/h10-14,16H,5-9H2,1-4H3. The number of nitrogens with one attached hydrogen (secondary N) is 1. The van der Waals surface area contributed by atoms with Crippen molar-refractivity contribution in [1.29, 1.82) is 0 Å². The minimum Gasteiger partial charge on any atom is -0.391 e. The van der Waals surface area contributed by atoms with Crippen LogP contribution in [0.25, 0.3) is 0 Å². The Morgan fingerprint density at radius 1 is 1.31 bits per heavy atom. The van der Waals surface area contributed by atoms with Crippen LogP contribution in [-0.4, -0.2) is 47.8 Å². The lowest BCUT2D eigenvalue weighted by atomic mass is 10.1. The van der Waals surface area contributed by atoms with Crippen molar-refractivity contribution in [2.24, 2.45) is 5.92 Å².